The smallest absolute Gasteiger partial charge is 0.257 e. The van der Waals surface area contributed by atoms with Crippen LogP contribution in [-0.2, 0) is 9.59 Å². The molecule has 5 heteroatoms. The summed E-state index contributed by atoms with van der Waals surface area (Å²) < 4.78 is 0. The molecule has 0 bridgehead atoms. The molecule has 0 N–H and O–H groups in total. The fourth-order valence-electron chi connectivity index (χ4n) is 3.68. The number of amides is 2. The molecule has 0 aromatic rings. The van der Waals surface area contributed by atoms with E-state index in [0.29, 0.717) is 6.54 Å². The third kappa shape index (κ3) is 3.50. The number of amidine groups is 1. The molecule has 1 atom stereocenters. The van der Waals surface area contributed by atoms with Gasteiger partial charge in [0.2, 0.25) is 5.91 Å². The Balaban J connectivity index is 2.28. The monoisotopic (exact) mass is 335 g/mol. The highest BCUT2D eigenvalue weighted by Crippen LogP contribution is 2.35. The van der Waals surface area contributed by atoms with E-state index >= 15 is 0 Å². The Kier molecular flexibility index (Phi) is 5.41. The SMILES string of the molecule is CCCCC1=NC2(CCCN(C(=O)C(C)(C)C)C2)C(=O)N1C(C)C. The summed E-state index contributed by atoms with van der Waals surface area (Å²) in [6.07, 6.45) is 4.55. The molecule has 1 unspecified atom stereocenters. The van der Waals surface area contributed by atoms with Crippen LogP contribution in [0.25, 0.3) is 0 Å². The second kappa shape index (κ2) is 6.85. The van der Waals surface area contributed by atoms with Gasteiger partial charge in [-0.05, 0) is 33.1 Å². The van der Waals surface area contributed by atoms with Crippen LogP contribution in [0.2, 0.25) is 0 Å². The molecule has 0 aromatic heterocycles. The van der Waals surface area contributed by atoms with Crippen LogP contribution in [0.1, 0.15) is 73.6 Å². The molecule has 2 aliphatic rings. The Hall–Kier alpha value is -1.39. The molecule has 0 radical (unpaired) electrons. The lowest BCUT2D eigenvalue weighted by molar-refractivity contribution is -0.144. The molecule has 136 valence electrons. The van der Waals surface area contributed by atoms with Gasteiger partial charge in [-0.15, -0.1) is 0 Å². The first kappa shape index (κ1) is 18.9. The van der Waals surface area contributed by atoms with Gasteiger partial charge in [0.05, 0.1) is 6.54 Å². The normalized spacial score (nSPS) is 25.0. The number of carbonyl (C=O) groups excluding carboxylic acids is 2. The first-order valence-electron chi connectivity index (χ1n) is 9.34. The molecule has 2 heterocycles. The van der Waals surface area contributed by atoms with Crippen molar-refractivity contribution in [3.05, 3.63) is 0 Å². The molecule has 0 aromatic carbocycles. The van der Waals surface area contributed by atoms with Gasteiger partial charge in [0, 0.05) is 24.4 Å². The van der Waals surface area contributed by atoms with E-state index in [1.807, 2.05) is 44.4 Å². The van der Waals surface area contributed by atoms with Crippen molar-refractivity contribution in [1.29, 1.82) is 0 Å². The maximum atomic E-state index is 13.2. The standard InChI is InChI=1S/C19H33N3O2/c1-7-8-10-15-20-19(17(24)22(15)14(2)3)11-9-12-21(13-19)16(23)18(4,5)6/h14H,7-13H2,1-6H3. The zero-order chi connectivity index (χ0) is 18.1. The zero-order valence-electron chi connectivity index (χ0n) is 16.2. The van der Waals surface area contributed by atoms with Gasteiger partial charge in [-0.3, -0.25) is 19.5 Å². The molecular formula is C19H33N3O2. The van der Waals surface area contributed by atoms with Crippen molar-refractivity contribution in [1.82, 2.24) is 9.80 Å². The van der Waals surface area contributed by atoms with E-state index in [4.69, 9.17) is 4.99 Å². The Bertz CT molecular complexity index is 533. The van der Waals surface area contributed by atoms with Crippen molar-refractivity contribution in [3.8, 4) is 0 Å². The lowest BCUT2D eigenvalue weighted by Crippen LogP contribution is -2.57. The van der Waals surface area contributed by atoms with Crippen LogP contribution >= 0.6 is 0 Å². The maximum Gasteiger partial charge on any atom is 0.257 e. The molecule has 2 amide bonds. The minimum atomic E-state index is -0.744. The summed E-state index contributed by atoms with van der Waals surface area (Å²) in [5.41, 5.74) is -1.17. The molecular weight excluding hydrogens is 302 g/mol. The summed E-state index contributed by atoms with van der Waals surface area (Å²) >= 11 is 0. The predicted molar refractivity (Wildman–Crippen MR) is 96.9 cm³/mol. The molecule has 1 spiro atoms. The first-order valence-corrected chi connectivity index (χ1v) is 9.34. The highest BCUT2D eigenvalue weighted by molar-refractivity contribution is 6.09. The average molecular weight is 335 g/mol. The van der Waals surface area contributed by atoms with Crippen LogP contribution in [0.3, 0.4) is 0 Å². The fraction of sp³-hybridized carbons (Fsp3) is 0.842. The third-order valence-corrected chi connectivity index (χ3v) is 4.91. The number of aliphatic imine (C=N–C) groups is 1. The fourth-order valence-corrected chi connectivity index (χ4v) is 3.68. The highest BCUT2D eigenvalue weighted by atomic mass is 16.2. The molecule has 0 aliphatic carbocycles. The van der Waals surface area contributed by atoms with Crippen LogP contribution in [0.5, 0.6) is 0 Å². The van der Waals surface area contributed by atoms with Gasteiger partial charge in [0.25, 0.3) is 5.91 Å². The van der Waals surface area contributed by atoms with Gasteiger partial charge >= 0.3 is 0 Å². The molecule has 24 heavy (non-hydrogen) atoms. The summed E-state index contributed by atoms with van der Waals surface area (Å²) in [5.74, 6) is 1.12. The van der Waals surface area contributed by atoms with Crippen molar-refractivity contribution in [3.63, 3.8) is 0 Å². The summed E-state index contributed by atoms with van der Waals surface area (Å²) in [6.45, 7) is 13.2. The van der Waals surface area contributed by atoms with Crippen molar-refractivity contribution >= 4 is 17.6 Å². The predicted octanol–water partition coefficient (Wildman–Crippen LogP) is 3.23. The number of unbranched alkanes of at least 4 members (excludes halogenated alkanes) is 1. The number of likely N-dealkylation sites (tertiary alicyclic amines) is 1. The van der Waals surface area contributed by atoms with Gasteiger partial charge in [0.15, 0.2) is 5.54 Å². The lowest BCUT2D eigenvalue weighted by Gasteiger charge is -2.40. The Morgan fingerprint density at radius 2 is 2.00 bits per heavy atom. The lowest BCUT2D eigenvalue weighted by atomic mass is 9.86. The number of piperidine rings is 1. The third-order valence-electron chi connectivity index (χ3n) is 4.91. The largest absolute Gasteiger partial charge is 0.339 e. The topological polar surface area (TPSA) is 53.0 Å². The van der Waals surface area contributed by atoms with E-state index in [1.165, 1.54) is 0 Å². The zero-order valence-corrected chi connectivity index (χ0v) is 16.2. The molecule has 2 aliphatic heterocycles. The minimum Gasteiger partial charge on any atom is -0.339 e. The van der Waals surface area contributed by atoms with Gasteiger partial charge in [-0.2, -0.15) is 0 Å². The van der Waals surface area contributed by atoms with E-state index in [0.717, 1.165) is 44.5 Å². The van der Waals surface area contributed by atoms with Crippen LogP contribution in [-0.4, -0.2) is 52.1 Å². The van der Waals surface area contributed by atoms with Crippen molar-refractivity contribution < 1.29 is 9.59 Å². The highest BCUT2D eigenvalue weighted by Gasteiger charge is 2.52. The summed E-state index contributed by atoms with van der Waals surface area (Å²) in [4.78, 5) is 34.5. The number of hydrogen-bond donors (Lipinski definition) is 0. The summed E-state index contributed by atoms with van der Waals surface area (Å²) in [5, 5.41) is 0. The Morgan fingerprint density at radius 3 is 2.54 bits per heavy atom. The number of nitrogens with zero attached hydrogens (tertiary/aromatic N) is 3. The Labute approximate surface area is 146 Å². The van der Waals surface area contributed by atoms with Gasteiger partial charge in [-0.25, -0.2) is 0 Å². The Morgan fingerprint density at radius 1 is 1.33 bits per heavy atom. The van der Waals surface area contributed by atoms with E-state index < -0.39 is 11.0 Å². The van der Waals surface area contributed by atoms with E-state index in [2.05, 4.69) is 6.92 Å². The second-order valence-electron chi connectivity index (χ2n) is 8.51. The van der Waals surface area contributed by atoms with E-state index in [-0.39, 0.29) is 17.9 Å². The van der Waals surface area contributed by atoms with E-state index in [9.17, 15) is 9.59 Å². The average Bonchev–Trinajstić information content (AvgIpc) is 2.75. The molecule has 1 fully saturated rings. The van der Waals surface area contributed by atoms with Crippen LogP contribution in [0, 0.1) is 5.41 Å². The number of rotatable bonds is 4. The van der Waals surface area contributed by atoms with Crippen LogP contribution in [0.15, 0.2) is 4.99 Å². The molecule has 2 rings (SSSR count). The van der Waals surface area contributed by atoms with Crippen molar-refractivity contribution in [2.24, 2.45) is 10.4 Å². The maximum absolute atomic E-state index is 13.2. The second-order valence-corrected chi connectivity index (χ2v) is 8.51. The molecule has 0 saturated carbocycles. The molecule has 1 saturated heterocycles. The first-order chi connectivity index (χ1) is 11.1. The van der Waals surface area contributed by atoms with Crippen LogP contribution < -0.4 is 0 Å². The van der Waals surface area contributed by atoms with Crippen molar-refractivity contribution in [2.75, 3.05) is 13.1 Å². The summed E-state index contributed by atoms with van der Waals surface area (Å²) in [7, 11) is 0. The van der Waals surface area contributed by atoms with Gasteiger partial charge in [-0.1, -0.05) is 34.1 Å². The van der Waals surface area contributed by atoms with Crippen molar-refractivity contribution in [2.45, 2.75) is 85.2 Å². The van der Waals surface area contributed by atoms with Crippen LogP contribution in [0.4, 0.5) is 0 Å². The quantitative estimate of drug-likeness (QED) is 0.792. The van der Waals surface area contributed by atoms with Gasteiger partial charge < -0.3 is 4.90 Å². The minimum absolute atomic E-state index is 0.0926. The van der Waals surface area contributed by atoms with E-state index in [1.54, 1.807) is 0 Å². The summed E-state index contributed by atoms with van der Waals surface area (Å²) in [6, 6.07) is 0.112. The van der Waals surface area contributed by atoms with Gasteiger partial charge in [0.1, 0.15) is 5.84 Å². The number of carbonyl (C=O) groups is 2. The molecule has 5 nitrogen and oxygen atoms in total. The number of hydrogen-bond acceptors (Lipinski definition) is 3.